The number of ether oxygens (including phenoxy) is 5. The van der Waals surface area contributed by atoms with E-state index in [1.807, 2.05) is 0 Å². The van der Waals surface area contributed by atoms with Gasteiger partial charge in [-0.05, 0) is 6.92 Å². The van der Waals surface area contributed by atoms with Crippen molar-refractivity contribution in [3.05, 3.63) is 0 Å². The van der Waals surface area contributed by atoms with E-state index in [1.165, 1.54) is 6.92 Å². The van der Waals surface area contributed by atoms with Crippen LogP contribution in [0.25, 0.3) is 0 Å². The zero-order valence-electron chi connectivity index (χ0n) is 17.6. The molecule has 0 aliphatic carbocycles. The molecule has 3 heterocycles. The Kier molecular flexibility index (Phi) is 8.99. The fraction of sp³-hybridized carbons (Fsp3) is 1.00. The van der Waals surface area contributed by atoms with Crippen molar-refractivity contribution in [1.82, 2.24) is 0 Å². The third-order valence-electron chi connectivity index (χ3n) is 6.06. The van der Waals surface area contributed by atoms with Crippen molar-refractivity contribution in [2.45, 2.75) is 99.0 Å². The second-order valence-corrected chi connectivity index (χ2v) is 8.32. The first-order chi connectivity index (χ1) is 15.5. The third kappa shape index (κ3) is 5.32. The standard InChI is InChI=1S/C18H32O15/c1-4-7(21)11(25)15(16(28)29-4)33-18-13(27)14(9(23)6(3-20)31-18)32-17-12(26)10(24)8(22)5(2-19)30-17/h4-28H,2-3H2,1H3/t4-,5+,6+,7+,8-,9-,10-,11+,12+,13+,14-,15-,16+,17+,18-/m0/s1. The highest BCUT2D eigenvalue weighted by Crippen LogP contribution is 2.32. The molecule has 3 saturated heterocycles. The van der Waals surface area contributed by atoms with E-state index in [0.29, 0.717) is 0 Å². The summed E-state index contributed by atoms with van der Waals surface area (Å²) in [6.07, 6.45) is -24.1. The molecule has 33 heavy (non-hydrogen) atoms. The summed E-state index contributed by atoms with van der Waals surface area (Å²) in [5.74, 6) is 0. The molecule has 10 N–H and O–H groups in total. The topological polar surface area (TPSA) is 248 Å². The quantitative estimate of drug-likeness (QED) is 0.167. The van der Waals surface area contributed by atoms with Crippen molar-refractivity contribution in [3.8, 4) is 0 Å². The molecule has 0 spiro atoms. The molecular formula is C18H32O15. The number of hydrogen-bond donors (Lipinski definition) is 10. The van der Waals surface area contributed by atoms with Crippen LogP contribution in [0.2, 0.25) is 0 Å². The first-order valence-corrected chi connectivity index (χ1v) is 10.4. The van der Waals surface area contributed by atoms with Gasteiger partial charge in [-0.15, -0.1) is 0 Å². The van der Waals surface area contributed by atoms with Gasteiger partial charge in [0.25, 0.3) is 0 Å². The molecule has 0 bridgehead atoms. The summed E-state index contributed by atoms with van der Waals surface area (Å²) in [6, 6.07) is 0. The SMILES string of the molecule is C[C@@H]1O[C@@H](O)[C@@H](O[C@@H]2O[C@H](CO)[C@H](O)[C@H](O[C@H]3O[C@H](CO)[C@H](O)[C@H](O)[C@H]3O)[C@H]2O)[C@H](O)[C@@H]1O. The first-order valence-electron chi connectivity index (χ1n) is 10.4. The van der Waals surface area contributed by atoms with Gasteiger partial charge in [0.1, 0.15) is 67.1 Å². The third-order valence-corrected chi connectivity index (χ3v) is 6.06. The summed E-state index contributed by atoms with van der Waals surface area (Å²) in [7, 11) is 0. The van der Waals surface area contributed by atoms with E-state index >= 15 is 0 Å². The van der Waals surface area contributed by atoms with Crippen LogP contribution < -0.4 is 0 Å². The van der Waals surface area contributed by atoms with Crippen LogP contribution in [-0.2, 0) is 23.7 Å². The highest BCUT2D eigenvalue weighted by atomic mass is 16.8. The summed E-state index contributed by atoms with van der Waals surface area (Å²) in [5.41, 5.74) is 0. The van der Waals surface area contributed by atoms with Crippen molar-refractivity contribution in [2.24, 2.45) is 0 Å². The average Bonchev–Trinajstić information content (AvgIpc) is 2.79. The molecule has 15 heteroatoms. The van der Waals surface area contributed by atoms with Gasteiger partial charge in [0.05, 0.1) is 19.3 Å². The van der Waals surface area contributed by atoms with E-state index in [1.54, 1.807) is 0 Å². The van der Waals surface area contributed by atoms with E-state index in [4.69, 9.17) is 23.7 Å². The molecule has 3 aliphatic heterocycles. The Hall–Kier alpha value is -0.600. The number of hydrogen-bond acceptors (Lipinski definition) is 15. The average molecular weight is 488 g/mol. The lowest BCUT2D eigenvalue weighted by Gasteiger charge is -2.47. The minimum absolute atomic E-state index is 0.743. The molecule has 0 aromatic heterocycles. The van der Waals surface area contributed by atoms with Crippen LogP contribution in [0.3, 0.4) is 0 Å². The predicted octanol–water partition coefficient (Wildman–Crippen LogP) is -6.55. The predicted molar refractivity (Wildman–Crippen MR) is 99.8 cm³/mol. The Morgan fingerprint density at radius 3 is 1.64 bits per heavy atom. The van der Waals surface area contributed by atoms with Gasteiger partial charge in [-0.3, -0.25) is 0 Å². The van der Waals surface area contributed by atoms with E-state index in [-0.39, 0.29) is 0 Å². The maximum Gasteiger partial charge on any atom is 0.187 e. The molecule has 15 nitrogen and oxygen atoms in total. The fourth-order valence-electron chi connectivity index (χ4n) is 3.98. The monoisotopic (exact) mass is 488 g/mol. The smallest absolute Gasteiger partial charge is 0.187 e. The molecule has 0 radical (unpaired) electrons. The van der Waals surface area contributed by atoms with E-state index in [0.717, 1.165) is 0 Å². The molecule has 3 rings (SSSR count). The second-order valence-electron chi connectivity index (χ2n) is 8.32. The van der Waals surface area contributed by atoms with Crippen LogP contribution >= 0.6 is 0 Å². The number of aliphatic hydroxyl groups is 10. The maximum atomic E-state index is 10.7. The van der Waals surface area contributed by atoms with Gasteiger partial charge in [-0.1, -0.05) is 0 Å². The zero-order chi connectivity index (χ0) is 24.6. The molecule has 0 saturated carbocycles. The molecule has 0 amide bonds. The largest absolute Gasteiger partial charge is 0.394 e. The van der Waals surface area contributed by atoms with Gasteiger partial charge in [-0.25, -0.2) is 0 Å². The van der Waals surface area contributed by atoms with Crippen LogP contribution in [0.4, 0.5) is 0 Å². The van der Waals surface area contributed by atoms with Gasteiger partial charge in [0.2, 0.25) is 0 Å². The highest BCUT2D eigenvalue weighted by molar-refractivity contribution is 4.95. The van der Waals surface area contributed by atoms with E-state index in [2.05, 4.69) is 0 Å². The number of rotatable bonds is 6. The molecule has 0 aromatic carbocycles. The summed E-state index contributed by atoms with van der Waals surface area (Å²) in [6.45, 7) is -0.122. The summed E-state index contributed by atoms with van der Waals surface area (Å²) in [4.78, 5) is 0. The van der Waals surface area contributed by atoms with Crippen LogP contribution in [0.15, 0.2) is 0 Å². The minimum Gasteiger partial charge on any atom is -0.394 e. The van der Waals surface area contributed by atoms with Crippen LogP contribution in [-0.4, -0.2) is 156 Å². The van der Waals surface area contributed by atoms with Gasteiger partial charge < -0.3 is 74.7 Å². The molecule has 0 aromatic rings. The van der Waals surface area contributed by atoms with Crippen molar-refractivity contribution in [3.63, 3.8) is 0 Å². The highest BCUT2D eigenvalue weighted by Gasteiger charge is 2.53. The van der Waals surface area contributed by atoms with E-state index in [9.17, 15) is 51.1 Å². The lowest BCUT2D eigenvalue weighted by molar-refractivity contribution is -0.381. The van der Waals surface area contributed by atoms with Gasteiger partial charge in [-0.2, -0.15) is 0 Å². The molecule has 3 aliphatic rings. The number of aliphatic hydroxyl groups excluding tert-OH is 10. The lowest BCUT2D eigenvalue weighted by Crippen LogP contribution is -2.66. The summed E-state index contributed by atoms with van der Waals surface area (Å²) in [5, 5.41) is 100. The second kappa shape index (κ2) is 11.0. The Balaban J connectivity index is 1.76. The van der Waals surface area contributed by atoms with E-state index < -0.39 is 105 Å². The van der Waals surface area contributed by atoms with Gasteiger partial charge >= 0.3 is 0 Å². The Morgan fingerprint density at radius 2 is 1.06 bits per heavy atom. The van der Waals surface area contributed by atoms with Crippen molar-refractivity contribution < 1.29 is 74.7 Å². The molecule has 0 unspecified atom stereocenters. The fourth-order valence-corrected chi connectivity index (χ4v) is 3.98. The Labute approximate surface area is 187 Å². The Morgan fingerprint density at radius 1 is 0.545 bits per heavy atom. The van der Waals surface area contributed by atoms with Gasteiger partial charge in [0, 0.05) is 0 Å². The minimum atomic E-state index is -1.87. The molecule has 3 fully saturated rings. The zero-order valence-corrected chi connectivity index (χ0v) is 17.6. The van der Waals surface area contributed by atoms with Crippen molar-refractivity contribution in [1.29, 1.82) is 0 Å². The lowest BCUT2D eigenvalue weighted by atomic mass is 9.96. The summed E-state index contributed by atoms with van der Waals surface area (Å²) >= 11 is 0. The van der Waals surface area contributed by atoms with Crippen LogP contribution in [0.5, 0.6) is 0 Å². The van der Waals surface area contributed by atoms with Crippen molar-refractivity contribution in [2.75, 3.05) is 13.2 Å². The maximum absolute atomic E-state index is 10.7. The summed E-state index contributed by atoms with van der Waals surface area (Å²) < 4.78 is 26.4. The van der Waals surface area contributed by atoms with Crippen LogP contribution in [0, 0.1) is 0 Å². The Bertz CT molecular complexity index is 624. The molecule has 15 atom stereocenters. The van der Waals surface area contributed by atoms with Crippen molar-refractivity contribution >= 4 is 0 Å². The molecular weight excluding hydrogens is 456 g/mol. The van der Waals surface area contributed by atoms with Gasteiger partial charge in [0.15, 0.2) is 18.9 Å². The van der Waals surface area contributed by atoms with Crippen LogP contribution in [0.1, 0.15) is 6.92 Å². The molecule has 194 valence electrons. The first kappa shape index (κ1) is 27.0. The normalized spacial score (nSPS) is 53.7.